The molecule has 6 rings (SSSR count). The second-order valence-corrected chi connectivity index (χ2v) is 12.6. The summed E-state index contributed by atoms with van der Waals surface area (Å²) in [7, 11) is -3.13. The fourth-order valence-corrected chi connectivity index (χ4v) is 7.31. The van der Waals surface area contributed by atoms with Crippen molar-refractivity contribution < 1.29 is 13.2 Å². The Morgan fingerprint density at radius 3 is 2.57 bits per heavy atom. The first-order valence-electron chi connectivity index (χ1n) is 12.2. The Kier molecular flexibility index (Phi) is 7.25. The minimum atomic E-state index is -3.13. The van der Waals surface area contributed by atoms with Crippen LogP contribution in [0.4, 0.5) is 5.82 Å². The van der Waals surface area contributed by atoms with Gasteiger partial charge in [0.15, 0.2) is 0 Å². The number of benzene rings is 1. The van der Waals surface area contributed by atoms with E-state index in [1.165, 1.54) is 26.8 Å². The maximum Gasteiger partial charge on any atom is 0.211 e. The van der Waals surface area contributed by atoms with Crippen LogP contribution in [-0.2, 0) is 21.3 Å². The summed E-state index contributed by atoms with van der Waals surface area (Å²) in [6.45, 7) is 8.63. The van der Waals surface area contributed by atoms with Gasteiger partial charge in [0.2, 0.25) is 10.0 Å². The summed E-state index contributed by atoms with van der Waals surface area (Å²) >= 11 is 1.82. The number of nitrogens with one attached hydrogen (secondary N) is 1. The van der Waals surface area contributed by atoms with E-state index in [4.69, 9.17) is 9.72 Å². The highest BCUT2D eigenvalue weighted by Crippen LogP contribution is 2.40. The standard InChI is InChI=1S/C25H30N6O3S2.CH4/c1-17-19-14-22(18-4-3-5-21-20(18)15-26-28-21)27-25(30-10-12-34-13-11-30)24(19)35-23(17)16-29-6-8-31(9-7-29)36(2,32)33;/h3-5,14-15H,6-13,16H2,1-2H3,(H,26,28);1H4. The van der Waals surface area contributed by atoms with E-state index in [0.29, 0.717) is 26.3 Å². The number of fused-ring (bicyclic) bond motifs is 2. The third-order valence-electron chi connectivity index (χ3n) is 7.24. The largest absolute Gasteiger partial charge is 0.378 e. The molecule has 0 unspecified atom stereocenters. The number of aromatic amines is 1. The molecule has 5 heterocycles. The molecule has 11 heteroatoms. The lowest BCUT2D eigenvalue weighted by atomic mass is 10.0. The van der Waals surface area contributed by atoms with Crippen molar-refractivity contribution in [1.82, 2.24) is 24.4 Å². The molecule has 0 radical (unpaired) electrons. The number of anilines is 1. The third-order valence-corrected chi connectivity index (χ3v) is 9.83. The number of morpholine rings is 1. The molecule has 2 saturated heterocycles. The molecular formula is C26H34N6O3S2. The van der Waals surface area contributed by atoms with Crippen LogP contribution in [0.5, 0.6) is 0 Å². The van der Waals surface area contributed by atoms with Crippen LogP contribution in [0.2, 0.25) is 0 Å². The normalized spacial score (nSPS) is 17.9. The second kappa shape index (κ2) is 10.3. The molecule has 2 aliphatic rings. The number of sulfonamides is 1. The first kappa shape index (κ1) is 26.1. The minimum Gasteiger partial charge on any atom is -0.378 e. The number of aryl methyl sites for hydroxylation is 1. The Hall–Kier alpha value is -2.57. The van der Waals surface area contributed by atoms with Crippen LogP contribution in [0.3, 0.4) is 0 Å². The van der Waals surface area contributed by atoms with E-state index >= 15 is 0 Å². The van der Waals surface area contributed by atoms with Crippen LogP contribution >= 0.6 is 11.3 Å². The summed E-state index contributed by atoms with van der Waals surface area (Å²) in [5.74, 6) is 1.02. The van der Waals surface area contributed by atoms with Crippen LogP contribution in [0.15, 0.2) is 30.5 Å². The number of H-pyrrole nitrogens is 1. The molecule has 9 nitrogen and oxygen atoms in total. The van der Waals surface area contributed by atoms with Crippen molar-refractivity contribution in [2.24, 2.45) is 0 Å². The van der Waals surface area contributed by atoms with Crippen LogP contribution in [0, 0.1) is 6.92 Å². The molecule has 0 bridgehead atoms. The van der Waals surface area contributed by atoms with Crippen molar-refractivity contribution in [3.63, 3.8) is 0 Å². The first-order chi connectivity index (χ1) is 17.4. The van der Waals surface area contributed by atoms with E-state index in [1.54, 1.807) is 4.31 Å². The Balaban J connectivity index is 0.00000280. The zero-order valence-corrected chi connectivity index (χ0v) is 22.2. The predicted octanol–water partition coefficient (Wildman–Crippen LogP) is 3.70. The number of rotatable bonds is 5. The lowest BCUT2D eigenvalue weighted by molar-refractivity contribution is 0.122. The van der Waals surface area contributed by atoms with E-state index < -0.39 is 10.0 Å². The smallest absolute Gasteiger partial charge is 0.211 e. The van der Waals surface area contributed by atoms with Crippen molar-refractivity contribution in [1.29, 1.82) is 0 Å². The fourth-order valence-electron chi connectivity index (χ4n) is 5.14. The maximum absolute atomic E-state index is 11.9. The second-order valence-electron chi connectivity index (χ2n) is 9.53. The van der Waals surface area contributed by atoms with Gasteiger partial charge < -0.3 is 9.64 Å². The van der Waals surface area contributed by atoms with Crippen molar-refractivity contribution in [2.75, 3.05) is 63.6 Å². The molecule has 2 fully saturated rings. The summed E-state index contributed by atoms with van der Waals surface area (Å²) in [4.78, 5) is 11.2. The summed E-state index contributed by atoms with van der Waals surface area (Å²) in [6, 6.07) is 8.40. The highest BCUT2D eigenvalue weighted by atomic mass is 32.2. The predicted molar refractivity (Wildman–Crippen MR) is 151 cm³/mol. The van der Waals surface area contributed by atoms with E-state index in [9.17, 15) is 8.42 Å². The van der Waals surface area contributed by atoms with Gasteiger partial charge in [0, 0.05) is 67.0 Å². The molecule has 1 aromatic carbocycles. The molecule has 0 amide bonds. The molecule has 37 heavy (non-hydrogen) atoms. The van der Waals surface area contributed by atoms with Crippen molar-refractivity contribution >= 4 is 48.2 Å². The summed E-state index contributed by atoms with van der Waals surface area (Å²) in [6.07, 6.45) is 3.16. The maximum atomic E-state index is 11.9. The number of thiophene rings is 1. The number of pyridine rings is 1. The van der Waals surface area contributed by atoms with Gasteiger partial charge in [-0.05, 0) is 24.6 Å². The van der Waals surface area contributed by atoms with Gasteiger partial charge in [-0.15, -0.1) is 11.3 Å². The van der Waals surface area contributed by atoms with Crippen molar-refractivity contribution in [3.8, 4) is 11.3 Å². The average molecular weight is 543 g/mol. The number of hydrogen-bond acceptors (Lipinski definition) is 8. The Morgan fingerprint density at radius 2 is 1.84 bits per heavy atom. The number of aromatic nitrogens is 3. The average Bonchev–Trinajstić information content (AvgIpc) is 3.49. The molecule has 0 aliphatic carbocycles. The number of nitrogens with zero attached hydrogens (tertiary/aromatic N) is 5. The number of ether oxygens (including phenoxy) is 1. The molecule has 0 saturated carbocycles. The lowest BCUT2D eigenvalue weighted by Crippen LogP contribution is -2.47. The van der Waals surface area contributed by atoms with E-state index in [2.05, 4.69) is 39.1 Å². The van der Waals surface area contributed by atoms with Gasteiger partial charge in [-0.2, -0.15) is 9.40 Å². The molecule has 4 aromatic rings. The van der Waals surface area contributed by atoms with Crippen LogP contribution in [-0.4, -0.2) is 91.5 Å². The van der Waals surface area contributed by atoms with Gasteiger partial charge in [-0.25, -0.2) is 13.4 Å². The van der Waals surface area contributed by atoms with Gasteiger partial charge in [0.05, 0.1) is 41.6 Å². The van der Waals surface area contributed by atoms with Gasteiger partial charge in [-0.3, -0.25) is 10.00 Å². The molecule has 198 valence electrons. The van der Waals surface area contributed by atoms with Crippen LogP contribution < -0.4 is 4.90 Å². The van der Waals surface area contributed by atoms with Crippen molar-refractivity contribution in [3.05, 3.63) is 40.9 Å². The van der Waals surface area contributed by atoms with Gasteiger partial charge in [-0.1, -0.05) is 19.6 Å². The summed E-state index contributed by atoms with van der Waals surface area (Å²) < 4.78 is 32.2. The first-order valence-corrected chi connectivity index (χ1v) is 14.9. The molecule has 0 atom stereocenters. The van der Waals surface area contributed by atoms with Crippen molar-refractivity contribution in [2.45, 2.75) is 20.9 Å². The fraction of sp³-hybridized carbons (Fsp3) is 0.462. The van der Waals surface area contributed by atoms with Gasteiger partial charge >= 0.3 is 0 Å². The zero-order valence-electron chi connectivity index (χ0n) is 20.5. The number of hydrogen-bond donors (Lipinski definition) is 1. The molecular weight excluding hydrogens is 508 g/mol. The SMILES string of the molecule is C.Cc1c(CN2CCN(S(C)(=O)=O)CC2)sc2c(N3CCOCC3)nc(-c3cccc4[nH]ncc34)cc12. The Bertz CT molecular complexity index is 1520. The lowest BCUT2D eigenvalue weighted by Gasteiger charge is -2.33. The number of piperazine rings is 1. The highest BCUT2D eigenvalue weighted by Gasteiger charge is 2.26. The minimum absolute atomic E-state index is 0. The van der Waals surface area contributed by atoms with E-state index in [-0.39, 0.29) is 7.43 Å². The Labute approximate surface area is 222 Å². The van der Waals surface area contributed by atoms with Gasteiger partial charge in [0.1, 0.15) is 5.82 Å². The van der Waals surface area contributed by atoms with Gasteiger partial charge in [0.25, 0.3) is 0 Å². The Morgan fingerprint density at radius 1 is 1.08 bits per heavy atom. The summed E-state index contributed by atoms with van der Waals surface area (Å²) in [5.41, 5.74) is 4.29. The zero-order chi connectivity index (χ0) is 24.9. The topological polar surface area (TPSA) is 94.7 Å². The quantitative estimate of drug-likeness (QED) is 0.411. The third kappa shape index (κ3) is 4.98. The van der Waals surface area contributed by atoms with E-state index in [1.807, 2.05) is 29.7 Å². The van der Waals surface area contributed by atoms with Crippen LogP contribution in [0.1, 0.15) is 17.9 Å². The molecule has 3 aromatic heterocycles. The van der Waals surface area contributed by atoms with Crippen LogP contribution in [0.25, 0.3) is 32.2 Å². The molecule has 1 N–H and O–H groups in total. The monoisotopic (exact) mass is 542 g/mol. The van der Waals surface area contributed by atoms with E-state index in [0.717, 1.165) is 60.7 Å². The molecule has 2 aliphatic heterocycles. The molecule has 0 spiro atoms. The summed E-state index contributed by atoms with van der Waals surface area (Å²) in [5, 5.41) is 9.61. The highest BCUT2D eigenvalue weighted by molar-refractivity contribution is 7.88.